The van der Waals surface area contributed by atoms with Crippen LogP contribution in [-0.2, 0) is 4.74 Å². The van der Waals surface area contributed by atoms with Crippen LogP contribution in [-0.4, -0.2) is 75.9 Å². The first-order valence-corrected chi connectivity index (χ1v) is 6.41. The molecule has 0 aliphatic carbocycles. The van der Waals surface area contributed by atoms with E-state index in [4.69, 9.17) is 4.74 Å². The van der Waals surface area contributed by atoms with Crippen LogP contribution in [0.3, 0.4) is 0 Å². The summed E-state index contributed by atoms with van der Waals surface area (Å²) in [6.45, 7) is 9.45. The molecule has 1 saturated heterocycles. The van der Waals surface area contributed by atoms with Gasteiger partial charge in [0.25, 0.3) is 0 Å². The second kappa shape index (κ2) is 8.01. The lowest BCUT2D eigenvalue weighted by molar-refractivity contribution is 0.111. The fourth-order valence-electron chi connectivity index (χ4n) is 2.03. The molecule has 0 aromatic heterocycles. The van der Waals surface area contributed by atoms with Gasteiger partial charge in [-0.15, -0.1) is 0 Å². The molecule has 1 atom stereocenters. The summed E-state index contributed by atoms with van der Waals surface area (Å²) in [6, 6.07) is 0.658. The van der Waals surface area contributed by atoms with E-state index in [1.54, 1.807) is 0 Å². The smallest absolute Gasteiger partial charge is 0.0477 e. The molecule has 1 heterocycles. The maximum absolute atomic E-state index is 5.31. The average molecular weight is 229 g/mol. The lowest BCUT2D eigenvalue weighted by atomic mass is 10.2. The highest BCUT2D eigenvalue weighted by atomic mass is 16.5. The highest BCUT2D eigenvalue weighted by Crippen LogP contribution is 2.04. The van der Waals surface area contributed by atoms with E-state index < -0.39 is 0 Å². The summed E-state index contributed by atoms with van der Waals surface area (Å²) < 4.78 is 5.31. The number of piperazine rings is 1. The third kappa shape index (κ3) is 5.25. The van der Waals surface area contributed by atoms with Crippen molar-refractivity contribution in [3.8, 4) is 0 Å². The number of nitrogens with zero attached hydrogens (tertiary/aromatic N) is 2. The number of nitrogens with one attached hydrogen (secondary N) is 1. The zero-order chi connectivity index (χ0) is 11.8. The summed E-state index contributed by atoms with van der Waals surface area (Å²) in [5, 5.41) is 3.52. The first kappa shape index (κ1) is 13.9. The van der Waals surface area contributed by atoms with Crippen LogP contribution >= 0.6 is 0 Å². The van der Waals surface area contributed by atoms with Crippen molar-refractivity contribution in [3.05, 3.63) is 0 Å². The molecule has 0 saturated carbocycles. The molecule has 16 heavy (non-hydrogen) atoms. The molecule has 1 aliphatic heterocycles. The molecule has 1 rings (SSSR count). The first-order chi connectivity index (χ1) is 7.74. The van der Waals surface area contributed by atoms with E-state index in [0.717, 1.165) is 32.7 Å². The van der Waals surface area contributed by atoms with Crippen molar-refractivity contribution in [2.75, 3.05) is 60.0 Å². The van der Waals surface area contributed by atoms with Crippen molar-refractivity contribution in [1.82, 2.24) is 15.1 Å². The van der Waals surface area contributed by atoms with Crippen LogP contribution in [0.15, 0.2) is 0 Å². The number of hydrogen-bond donors (Lipinski definition) is 1. The minimum absolute atomic E-state index is 0.658. The van der Waals surface area contributed by atoms with Gasteiger partial charge in [0.05, 0.1) is 0 Å². The predicted octanol–water partition coefficient (Wildman–Crippen LogP) is 0.248. The molecule has 1 aliphatic rings. The van der Waals surface area contributed by atoms with E-state index in [0.29, 0.717) is 6.04 Å². The molecule has 1 N–H and O–H groups in total. The van der Waals surface area contributed by atoms with Crippen LogP contribution in [0.2, 0.25) is 0 Å². The third-order valence-corrected chi connectivity index (χ3v) is 3.21. The zero-order valence-electron chi connectivity index (χ0n) is 11.0. The van der Waals surface area contributed by atoms with Crippen LogP contribution < -0.4 is 5.32 Å². The second-order valence-electron chi connectivity index (χ2n) is 4.65. The van der Waals surface area contributed by atoms with E-state index in [1.807, 2.05) is 6.92 Å². The van der Waals surface area contributed by atoms with Crippen LogP contribution in [0.4, 0.5) is 0 Å². The molecule has 4 nitrogen and oxygen atoms in total. The van der Waals surface area contributed by atoms with Gasteiger partial charge in [-0.05, 0) is 34.0 Å². The highest BCUT2D eigenvalue weighted by Gasteiger charge is 2.21. The monoisotopic (exact) mass is 229 g/mol. The summed E-state index contributed by atoms with van der Waals surface area (Å²) >= 11 is 0. The highest BCUT2D eigenvalue weighted by molar-refractivity contribution is 4.79. The Bertz CT molecular complexity index is 178. The zero-order valence-corrected chi connectivity index (χ0v) is 11.0. The van der Waals surface area contributed by atoms with E-state index in [-0.39, 0.29) is 0 Å². The Morgan fingerprint density at radius 3 is 2.88 bits per heavy atom. The summed E-state index contributed by atoms with van der Waals surface area (Å²) in [6.07, 6.45) is 1.11. The SMILES string of the molecule is CCOCCCNCC1CN(C)CCN1C. The maximum atomic E-state index is 5.31. The largest absolute Gasteiger partial charge is 0.382 e. The quantitative estimate of drug-likeness (QED) is 0.633. The average Bonchev–Trinajstić information content (AvgIpc) is 2.28. The molecule has 4 heteroatoms. The molecule has 1 fully saturated rings. The van der Waals surface area contributed by atoms with Gasteiger partial charge in [-0.3, -0.25) is 4.90 Å². The Labute approximate surface area is 99.9 Å². The van der Waals surface area contributed by atoms with E-state index in [9.17, 15) is 0 Å². The van der Waals surface area contributed by atoms with E-state index in [1.165, 1.54) is 19.6 Å². The first-order valence-electron chi connectivity index (χ1n) is 6.41. The van der Waals surface area contributed by atoms with Crippen molar-refractivity contribution < 1.29 is 4.74 Å². The summed E-state index contributed by atoms with van der Waals surface area (Å²) in [4.78, 5) is 4.86. The van der Waals surface area contributed by atoms with Crippen molar-refractivity contribution in [2.24, 2.45) is 0 Å². The maximum Gasteiger partial charge on any atom is 0.0477 e. The Balaban J connectivity index is 2.02. The second-order valence-corrected chi connectivity index (χ2v) is 4.65. The van der Waals surface area contributed by atoms with Crippen molar-refractivity contribution >= 4 is 0 Å². The van der Waals surface area contributed by atoms with Crippen molar-refractivity contribution in [1.29, 1.82) is 0 Å². The standard InChI is InChI=1S/C12H27N3O/c1-4-16-9-5-6-13-10-12-11-14(2)7-8-15(12)3/h12-13H,4-11H2,1-3H3. The topological polar surface area (TPSA) is 27.7 Å². The summed E-state index contributed by atoms with van der Waals surface area (Å²) in [5.41, 5.74) is 0. The van der Waals surface area contributed by atoms with Gasteiger partial charge in [-0.2, -0.15) is 0 Å². The van der Waals surface area contributed by atoms with Gasteiger partial charge in [0, 0.05) is 45.4 Å². The molecule has 0 spiro atoms. The van der Waals surface area contributed by atoms with Crippen LogP contribution in [0.5, 0.6) is 0 Å². The lowest BCUT2D eigenvalue weighted by Gasteiger charge is -2.37. The molecule has 0 radical (unpaired) electrons. The fourth-order valence-corrected chi connectivity index (χ4v) is 2.03. The Morgan fingerprint density at radius 2 is 2.12 bits per heavy atom. The molecule has 0 bridgehead atoms. The van der Waals surface area contributed by atoms with E-state index >= 15 is 0 Å². The van der Waals surface area contributed by atoms with E-state index in [2.05, 4.69) is 29.2 Å². The molecule has 0 aromatic carbocycles. The Kier molecular flexibility index (Phi) is 6.96. The van der Waals surface area contributed by atoms with Gasteiger partial charge >= 0.3 is 0 Å². The van der Waals surface area contributed by atoms with Gasteiger partial charge in [-0.1, -0.05) is 0 Å². The molecular formula is C12H27N3O. The normalized spacial score (nSPS) is 23.8. The number of ether oxygens (including phenoxy) is 1. The molecule has 1 unspecified atom stereocenters. The van der Waals surface area contributed by atoms with Gasteiger partial charge in [0.15, 0.2) is 0 Å². The summed E-state index contributed by atoms with van der Waals surface area (Å²) in [5.74, 6) is 0. The minimum Gasteiger partial charge on any atom is -0.382 e. The predicted molar refractivity (Wildman–Crippen MR) is 67.9 cm³/mol. The van der Waals surface area contributed by atoms with Gasteiger partial charge < -0.3 is 15.0 Å². The van der Waals surface area contributed by atoms with Crippen molar-refractivity contribution in [2.45, 2.75) is 19.4 Å². The van der Waals surface area contributed by atoms with Crippen LogP contribution in [0, 0.1) is 0 Å². The molecule has 0 aromatic rings. The number of rotatable bonds is 7. The Hall–Kier alpha value is -0.160. The van der Waals surface area contributed by atoms with Crippen LogP contribution in [0.25, 0.3) is 0 Å². The van der Waals surface area contributed by atoms with Gasteiger partial charge in [0.1, 0.15) is 0 Å². The molecule has 0 amide bonds. The number of likely N-dealkylation sites (N-methyl/N-ethyl adjacent to an activating group) is 2. The van der Waals surface area contributed by atoms with Gasteiger partial charge in [0.2, 0.25) is 0 Å². The Morgan fingerprint density at radius 1 is 1.31 bits per heavy atom. The molecule has 96 valence electrons. The van der Waals surface area contributed by atoms with Crippen molar-refractivity contribution in [3.63, 3.8) is 0 Å². The minimum atomic E-state index is 0.658. The van der Waals surface area contributed by atoms with Gasteiger partial charge in [-0.25, -0.2) is 0 Å². The number of hydrogen-bond acceptors (Lipinski definition) is 4. The fraction of sp³-hybridized carbons (Fsp3) is 1.00. The molecular weight excluding hydrogens is 202 g/mol. The van der Waals surface area contributed by atoms with Crippen LogP contribution in [0.1, 0.15) is 13.3 Å². The summed E-state index contributed by atoms with van der Waals surface area (Å²) in [7, 11) is 4.43. The third-order valence-electron chi connectivity index (χ3n) is 3.21. The lowest BCUT2D eigenvalue weighted by Crippen LogP contribution is -2.53.